The van der Waals surface area contributed by atoms with E-state index in [2.05, 4.69) is 46.4 Å². The molecule has 0 bridgehead atoms. The minimum Gasteiger partial charge on any atom is -0.382 e. The van der Waals surface area contributed by atoms with Gasteiger partial charge in [0.15, 0.2) is 0 Å². The second-order valence-electron chi connectivity index (χ2n) is 4.00. The number of benzene rings is 1. The van der Waals surface area contributed by atoms with E-state index in [0.717, 1.165) is 29.7 Å². The molecule has 1 N–H and O–H groups in total. The van der Waals surface area contributed by atoms with Crippen LogP contribution in [0, 0.1) is 6.92 Å². The molecule has 1 aromatic rings. The van der Waals surface area contributed by atoms with Crippen LogP contribution >= 0.6 is 15.9 Å². The molecular weight excluding hydrogens is 270 g/mol. The van der Waals surface area contributed by atoms with Crippen molar-refractivity contribution in [2.45, 2.75) is 19.4 Å². The van der Waals surface area contributed by atoms with E-state index >= 15 is 0 Å². The molecule has 1 fully saturated rings. The largest absolute Gasteiger partial charge is 0.382 e. The van der Waals surface area contributed by atoms with Gasteiger partial charge in [-0.2, -0.15) is 0 Å². The summed E-state index contributed by atoms with van der Waals surface area (Å²) in [5.74, 6) is 0. The van der Waals surface area contributed by atoms with Crippen molar-refractivity contribution in [3.05, 3.63) is 28.2 Å². The molecule has 2 rings (SSSR count). The Balaban J connectivity index is 1.88. The molecule has 0 aromatic heterocycles. The molecule has 0 radical (unpaired) electrons. The number of aryl methyl sites for hydroxylation is 1. The van der Waals surface area contributed by atoms with Gasteiger partial charge in [0.05, 0.1) is 12.7 Å². The number of hydrogen-bond acceptors (Lipinski definition) is 3. The highest BCUT2D eigenvalue weighted by atomic mass is 79.9. The molecule has 1 unspecified atom stereocenters. The standard InChI is InChI=1S/C12H16BrNO2/c1-9-4-10(13)6-11(5-9)14-7-12-2-3-15-8-16-12/h4-6,12,14H,2-3,7-8H2,1H3. The lowest BCUT2D eigenvalue weighted by Gasteiger charge is -2.23. The molecule has 3 nitrogen and oxygen atoms in total. The highest BCUT2D eigenvalue weighted by molar-refractivity contribution is 9.10. The first-order chi connectivity index (χ1) is 7.74. The molecule has 1 heterocycles. The molecule has 0 saturated carbocycles. The van der Waals surface area contributed by atoms with Gasteiger partial charge in [0.2, 0.25) is 0 Å². The van der Waals surface area contributed by atoms with Crippen LogP contribution in [0.3, 0.4) is 0 Å². The normalized spacial score (nSPS) is 20.8. The number of nitrogens with one attached hydrogen (secondary N) is 1. The molecule has 88 valence electrons. The van der Waals surface area contributed by atoms with E-state index < -0.39 is 0 Å². The Kier molecular flexibility index (Phi) is 4.21. The summed E-state index contributed by atoms with van der Waals surface area (Å²) in [6.45, 7) is 4.13. The van der Waals surface area contributed by atoms with Crippen molar-refractivity contribution in [1.29, 1.82) is 0 Å². The fraction of sp³-hybridized carbons (Fsp3) is 0.500. The van der Waals surface area contributed by atoms with Crippen LogP contribution in [0.1, 0.15) is 12.0 Å². The number of anilines is 1. The lowest BCUT2D eigenvalue weighted by atomic mass is 10.2. The van der Waals surface area contributed by atoms with Crippen molar-refractivity contribution in [3.63, 3.8) is 0 Å². The Bertz CT molecular complexity index is 331. The first-order valence-corrected chi connectivity index (χ1v) is 6.24. The molecule has 1 aliphatic rings. The zero-order valence-corrected chi connectivity index (χ0v) is 10.9. The number of rotatable bonds is 3. The van der Waals surface area contributed by atoms with Crippen LogP contribution in [0.15, 0.2) is 22.7 Å². The van der Waals surface area contributed by atoms with Gasteiger partial charge in [0.25, 0.3) is 0 Å². The van der Waals surface area contributed by atoms with E-state index in [1.54, 1.807) is 0 Å². The van der Waals surface area contributed by atoms with Gasteiger partial charge in [-0.3, -0.25) is 0 Å². The van der Waals surface area contributed by atoms with Gasteiger partial charge in [0.1, 0.15) is 6.79 Å². The molecule has 4 heteroatoms. The van der Waals surface area contributed by atoms with E-state index in [-0.39, 0.29) is 6.10 Å². The van der Waals surface area contributed by atoms with Gasteiger partial charge in [-0.05, 0) is 37.1 Å². The Labute approximate surface area is 104 Å². The molecule has 0 spiro atoms. The predicted octanol–water partition coefficient (Wildman–Crippen LogP) is 2.93. The van der Waals surface area contributed by atoms with Crippen molar-refractivity contribution < 1.29 is 9.47 Å². The van der Waals surface area contributed by atoms with Crippen LogP contribution in [0.25, 0.3) is 0 Å². The van der Waals surface area contributed by atoms with Crippen molar-refractivity contribution in [2.75, 3.05) is 25.3 Å². The summed E-state index contributed by atoms with van der Waals surface area (Å²) in [6, 6.07) is 6.30. The first kappa shape index (κ1) is 11.9. The quantitative estimate of drug-likeness (QED) is 0.926. The molecule has 1 aromatic carbocycles. The average Bonchev–Trinajstić information content (AvgIpc) is 2.27. The van der Waals surface area contributed by atoms with Crippen LogP contribution in [0.2, 0.25) is 0 Å². The summed E-state index contributed by atoms with van der Waals surface area (Å²) in [5, 5.41) is 3.39. The van der Waals surface area contributed by atoms with Crippen molar-refractivity contribution in [1.82, 2.24) is 0 Å². The molecule has 1 aliphatic heterocycles. The predicted molar refractivity (Wildman–Crippen MR) is 67.7 cm³/mol. The summed E-state index contributed by atoms with van der Waals surface area (Å²) in [5.41, 5.74) is 2.37. The maximum atomic E-state index is 5.46. The Morgan fingerprint density at radius 1 is 1.44 bits per heavy atom. The Morgan fingerprint density at radius 3 is 3.00 bits per heavy atom. The fourth-order valence-electron chi connectivity index (χ4n) is 1.73. The smallest absolute Gasteiger partial charge is 0.147 e. The molecule has 1 saturated heterocycles. The average molecular weight is 286 g/mol. The highest BCUT2D eigenvalue weighted by Gasteiger charge is 2.13. The van der Waals surface area contributed by atoms with Gasteiger partial charge >= 0.3 is 0 Å². The third kappa shape index (κ3) is 3.47. The minimum absolute atomic E-state index is 0.257. The lowest BCUT2D eigenvalue weighted by molar-refractivity contribution is -0.133. The Morgan fingerprint density at radius 2 is 2.31 bits per heavy atom. The van der Waals surface area contributed by atoms with Gasteiger partial charge < -0.3 is 14.8 Å². The van der Waals surface area contributed by atoms with Gasteiger partial charge in [-0.25, -0.2) is 0 Å². The number of hydrogen-bond donors (Lipinski definition) is 1. The molecule has 0 aliphatic carbocycles. The maximum Gasteiger partial charge on any atom is 0.147 e. The SMILES string of the molecule is Cc1cc(Br)cc(NCC2CCOCO2)c1. The van der Waals surface area contributed by atoms with E-state index in [1.165, 1.54) is 5.56 Å². The topological polar surface area (TPSA) is 30.5 Å². The van der Waals surface area contributed by atoms with Gasteiger partial charge in [-0.15, -0.1) is 0 Å². The number of ether oxygens (including phenoxy) is 2. The summed E-state index contributed by atoms with van der Waals surface area (Å²) in [4.78, 5) is 0. The molecule has 16 heavy (non-hydrogen) atoms. The lowest BCUT2D eigenvalue weighted by Crippen LogP contribution is -2.30. The van der Waals surface area contributed by atoms with Crippen molar-refractivity contribution in [2.24, 2.45) is 0 Å². The van der Waals surface area contributed by atoms with Crippen LogP contribution in [-0.2, 0) is 9.47 Å². The van der Waals surface area contributed by atoms with Crippen LogP contribution in [-0.4, -0.2) is 26.0 Å². The van der Waals surface area contributed by atoms with Gasteiger partial charge in [0, 0.05) is 16.7 Å². The van der Waals surface area contributed by atoms with Crippen LogP contribution in [0.4, 0.5) is 5.69 Å². The molecular formula is C12H16BrNO2. The summed E-state index contributed by atoms with van der Waals surface area (Å²) in [6.07, 6.45) is 1.22. The summed E-state index contributed by atoms with van der Waals surface area (Å²) >= 11 is 3.49. The van der Waals surface area contributed by atoms with E-state index in [9.17, 15) is 0 Å². The molecule has 0 amide bonds. The second-order valence-corrected chi connectivity index (χ2v) is 4.92. The fourth-order valence-corrected chi connectivity index (χ4v) is 2.34. The maximum absolute atomic E-state index is 5.46. The molecule has 1 atom stereocenters. The van der Waals surface area contributed by atoms with Crippen LogP contribution in [0.5, 0.6) is 0 Å². The zero-order valence-electron chi connectivity index (χ0n) is 9.33. The summed E-state index contributed by atoms with van der Waals surface area (Å²) < 4.78 is 11.7. The van der Waals surface area contributed by atoms with E-state index in [0.29, 0.717) is 6.79 Å². The van der Waals surface area contributed by atoms with E-state index in [4.69, 9.17) is 9.47 Å². The number of halogens is 1. The third-order valence-corrected chi connectivity index (χ3v) is 3.01. The Hall–Kier alpha value is -0.580. The van der Waals surface area contributed by atoms with Crippen LogP contribution < -0.4 is 5.32 Å². The summed E-state index contributed by atoms with van der Waals surface area (Å²) in [7, 11) is 0. The van der Waals surface area contributed by atoms with Crippen molar-refractivity contribution >= 4 is 21.6 Å². The van der Waals surface area contributed by atoms with Crippen molar-refractivity contribution in [3.8, 4) is 0 Å². The third-order valence-electron chi connectivity index (χ3n) is 2.55. The second kappa shape index (κ2) is 5.66. The van der Waals surface area contributed by atoms with Gasteiger partial charge in [-0.1, -0.05) is 15.9 Å². The highest BCUT2D eigenvalue weighted by Crippen LogP contribution is 2.19. The monoisotopic (exact) mass is 285 g/mol. The zero-order chi connectivity index (χ0) is 11.4. The minimum atomic E-state index is 0.257. The first-order valence-electron chi connectivity index (χ1n) is 5.44. The van der Waals surface area contributed by atoms with E-state index in [1.807, 2.05) is 0 Å².